The predicted octanol–water partition coefficient (Wildman–Crippen LogP) is 5.13. The molecule has 14 nitrogen and oxygen atoms in total. The number of aromatic hydroxyl groups is 1. The number of hydrogen-bond acceptors (Lipinski definition) is 9. The monoisotopic (exact) mass is 794 g/mol. The summed E-state index contributed by atoms with van der Waals surface area (Å²) in [7, 11) is 0. The van der Waals surface area contributed by atoms with Crippen LogP contribution in [-0.2, 0) is 31.9 Å². The molecule has 3 fully saturated rings. The maximum atomic E-state index is 14.2. The van der Waals surface area contributed by atoms with Crippen molar-refractivity contribution in [1.29, 1.82) is 0 Å². The Morgan fingerprint density at radius 3 is 2.24 bits per heavy atom. The van der Waals surface area contributed by atoms with E-state index in [0.717, 1.165) is 41.9 Å². The van der Waals surface area contributed by atoms with Gasteiger partial charge in [-0.05, 0) is 98.5 Å². The molecule has 3 aromatic rings. The lowest BCUT2D eigenvalue weighted by Gasteiger charge is -2.39. The number of carbonyl (C=O) groups excluding carboxylic acids is 5. The Labute approximate surface area is 339 Å². The van der Waals surface area contributed by atoms with Crippen LogP contribution < -0.4 is 10.2 Å². The van der Waals surface area contributed by atoms with E-state index < -0.39 is 18.2 Å². The Morgan fingerprint density at radius 2 is 1.55 bits per heavy atom. The molecule has 4 aliphatic heterocycles. The van der Waals surface area contributed by atoms with Crippen LogP contribution in [0, 0.1) is 13.8 Å². The molecule has 4 heterocycles. The average molecular weight is 795 g/mol. The molecule has 0 aliphatic carbocycles. The first kappa shape index (κ1) is 40.4. The lowest BCUT2D eigenvalue weighted by atomic mass is 10.0. The van der Waals surface area contributed by atoms with E-state index in [9.17, 15) is 29.1 Å². The van der Waals surface area contributed by atoms with E-state index >= 15 is 0 Å². The number of nitrogens with zero attached hydrogens (tertiary/aromatic N) is 5. The molecular formula is C44H54N6O8. The number of piperazine rings is 1. The SMILES string of the molecule is Cc1cc(C[C@@H](OC(=O)N2CCC(N3CCc4ccccc4NC3=O)CC2)C(=O)N2CCN(c3ccc(C(=O)OCCCN4CCCC4=O)cc3)CC2)cc(C)c1O. The highest BCUT2D eigenvalue weighted by atomic mass is 16.6. The van der Waals surface area contributed by atoms with Crippen molar-refractivity contribution < 1.29 is 38.6 Å². The zero-order chi connectivity index (χ0) is 40.8. The minimum Gasteiger partial charge on any atom is -0.507 e. The standard InChI is InChI=1S/C44H54N6O8/c1-30-27-32(28-31(2)40(30)52)29-38(58-44(56)49-19-15-36(16-20-49)50-21-14-33-7-3-4-8-37(33)45-43(50)55)41(53)48-24-22-46(23-25-48)35-12-10-34(11-13-35)42(54)57-26-6-18-47-17-5-9-39(47)51/h3-4,7-8,10-13,27-28,36,38,52H,5-6,9,14-26,29H2,1-2H3,(H,45,55)/t38-/m1/s1. The number of rotatable bonds is 11. The Balaban J connectivity index is 0.930. The lowest BCUT2D eigenvalue weighted by molar-refractivity contribution is -0.141. The van der Waals surface area contributed by atoms with Crippen LogP contribution in [0.15, 0.2) is 60.7 Å². The van der Waals surface area contributed by atoms with Gasteiger partial charge in [-0.25, -0.2) is 14.4 Å². The molecule has 3 aromatic carbocycles. The number of esters is 1. The van der Waals surface area contributed by atoms with Gasteiger partial charge in [-0.2, -0.15) is 0 Å². The van der Waals surface area contributed by atoms with Gasteiger partial charge in [-0.1, -0.05) is 30.3 Å². The normalized spacial score (nSPS) is 18.1. The molecular weight excluding hydrogens is 741 g/mol. The molecule has 4 aliphatic rings. The van der Waals surface area contributed by atoms with Gasteiger partial charge in [-0.15, -0.1) is 0 Å². The van der Waals surface area contributed by atoms with E-state index in [-0.39, 0.29) is 42.7 Å². The maximum Gasteiger partial charge on any atom is 0.410 e. The number of benzene rings is 3. The molecule has 0 radical (unpaired) electrons. The summed E-state index contributed by atoms with van der Waals surface area (Å²) < 4.78 is 11.5. The van der Waals surface area contributed by atoms with Crippen molar-refractivity contribution in [2.24, 2.45) is 0 Å². The van der Waals surface area contributed by atoms with E-state index in [0.29, 0.717) is 94.7 Å². The van der Waals surface area contributed by atoms with E-state index in [1.54, 1.807) is 35.8 Å². The van der Waals surface area contributed by atoms with Gasteiger partial charge in [0.25, 0.3) is 5.91 Å². The number of hydrogen-bond donors (Lipinski definition) is 2. The number of phenolic OH excluding ortho intramolecular Hbond substituents is 1. The molecule has 0 spiro atoms. The molecule has 7 rings (SSSR count). The Kier molecular flexibility index (Phi) is 12.7. The number of para-hydroxylation sites is 1. The minimum atomic E-state index is -1.07. The molecule has 58 heavy (non-hydrogen) atoms. The lowest BCUT2D eigenvalue weighted by Crippen LogP contribution is -2.54. The molecule has 308 valence electrons. The van der Waals surface area contributed by atoms with Crippen LogP contribution in [0.3, 0.4) is 0 Å². The van der Waals surface area contributed by atoms with Crippen LogP contribution in [0.4, 0.5) is 21.0 Å². The Bertz CT molecular complexity index is 1970. The Hall–Kier alpha value is -5.79. The molecule has 0 unspecified atom stereocenters. The van der Waals surface area contributed by atoms with Crippen LogP contribution in [0.25, 0.3) is 0 Å². The number of likely N-dealkylation sites (tertiary alicyclic amines) is 2. The van der Waals surface area contributed by atoms with Crippen molar-refractivity contribution in [1.82, 2.24) is 19.6 Å². The van der Waals surface area contributed by atoms with Gasteiger partial charge in [0.15, 0.2) is 6.10 Å². The van der Waals surface area contributed by atoms with Crippen LogP contribution in [0.1, 0.15) is 64.7 Å². The molecule has 5 amide bonds. The Morgan fingerprint density at radius 1 is 0.845 bits per heavy atom. The zero-order valence-electron chi connectivity index (χ0n) is 33.5. The number of carbonyl (C=O) groups is 5. The molecule has 0 aromatic heterocycles. The smallest absolute Gasteiger partial charge is 0.410 e. The summed E-state index contributed by atoms with van der Waals surface area (Å²) in [5, 5.41) is 13.4. The van der Waals surface area contributed by atoms with Crippen LogP contribution >= 0.6 is 0 Å². The van der Waals surface area contributed by atoms with Crippen molar-refractivity contribution >= 4 is 41.3 Å². The van der Waals surface area contributed by atoms with Gasteiger partial charge in [0, 0.05) is 89.2 Å². The van der Waals surface area contributed by atoms with Gasteiger partial charge in [0.1, 0.15) is 5.75 Å². The third-order valence-corrected chi connectivity index (χ3v) is 11.8. The highest BCUT2D eigenvalue weighted by Gasteiger charge is 2.35. The summed E-state index contributed by atoms with van der Waals surface area (Å²) in [6.07, 6.45) is 2.54. The molecule has 0 saturated carbocycles. The number of nitrogens with one attached hydrogen (secondary N) is 1. The fraction of sp³-hybridized carbons (Fsp3) is 0.477. The second kappa shape index (κ2) is 18.2. The summed E-state index contributed by atoms with van der Waals surface area (Å²) in [5.74, 6) is -0.332. The van der Waals surface area contributed by atoms with Crippen LogP contribution in [0.2, 0.25) is 0 Å². The number of phenols is 1. The molecule has 0 bridgehead atoms. The summed E-state index contributed by atoms with van der Waals surface area (Å²) in [6.45, 7) is 8.52. The van der Waals surface area contributed by atoms with Crippen molar-refractivity contribution in [3.05, 3.63) is 88.5 Å². The van der Waals surface area contributed by atoms with Crippen molar-refractivity contribution in [2.75, 3.05) is 75.7 Å². The number of piperidine rings is 1. The van der Waals surface area contributed by atoms with Crippen molar-refractivity contribution in [3.63, 3.8) is 0 Å². The molecule has 3 saturated heterocycles. The number of fused-ring (bicyclic) bond motifs is 1. The number of ether oxygens (including phenoxy) is 2. The van der Waals surface area contributed by atoms with Gasteiger partial charge >= 0.3 is 18.1 Å². The third-order valence-electron chi connectivity index (χ3n) is 11.8. The fourth-order valence-electron chi connectivity index (χ4n) is 8.49. The number of aryl methyl sites for hydroxylation is 2. The van der Waals surface area contributed by atoms with Gasteiger partial charge in [0.05, 0.1) is 12.2 Å². The summed E-state index contributed by atoms with van der Waals surface area (Å²) in [4.78, 5) is 74.7. The average Bonchev–Trinajstić information content (AvgIpc) is 3.57. The first-order chi connectivity index (χ1) is 28.0. The second-order valence-electron chi connectivity index (χ2n) is 15.7. The summed E-state index contributed by atoms with van der Waals surface area (Å²) >= 11 is 0. The first-order valence-corrected chi connectivity index (χ1v) is 20.5. The highest BCUT2D eigenvalue weighted by molar-refractivity contribution is 5.91. The van der Waals surface area contributed by atoms with Crippen molar-refractivity contribution in [2.45, 2.75) is 70.9 Å². The molecule has 2 N–H and O–H groups in total. The quantitative estimate of drug-likeness (QED) is 0.199. The van der Waals surface area contributed by atoms with E-state index in [1.165, 1.54) is 0 Å². The summed E-state index contributed by atoms with van der Waals surface area (Å²) in [6, 6.07) is 18.5. The van der Waals surface area contributed by atoms with E-state index in [4.69, 9.17) is 9.47 Å². The molecule has 14 heteroatoms. The molecule has 1 atom stereocenters. The first-order valence-electron chi connectivity index (χ1n) is 20.5. The van der Waals surface area contributed by atoms with Crippen LogP contribution in [0.5, 0.6) is 5.75 Å². The van der Waals surface area contributed by atoms with Crippen LogP contribution in [-0.4, -0.2) is 132 Å². The summed E-state index contributed by atoms with van der Waals surface area (Å²) in [5.41, 5.74) is 5.44. The predicted molar refractivity (Wildman–Crippen MR) is 218 cm³/mol. The van der Waals surface area contributed by atoms with Gasteiger partial charge < -0.3 is 44.4 Å². The fourth-order valence-corrected chi connectivity index (χ4v) is 8.49. The van der Waals surface area contributed by atoms with E-state index in [1.807, 2.05) is 58.3 Å². The number of amides is 5. The van der Waals surface area contributed by atoms with Crippen molar-refractivity contribution in [3.8, 4) is 5.75 Å². The maximum absolute atomic E-state index is 14.2. The number of urea groups is 1. The zero-order valence-corrected chi connectivity index (χ0v) is 33.5. The largest absolute Gasteiger partial charge is 0.507 e. The van der Waals surface area contributed by atoms with Gasteiger partial charge in [-0.3, -0.25) is 9.59 Å². The third kappa shape index (κ3) is 9.49. The van der Waals surface area contributed by atoms with Gasteiger partial charge in [0.2, 0.25) is 5.91 Å². The topological polar surface area (TPSA) is 152 Å². The number of anilines is 2. The minimum absolute atomic E-state index is 0.0245. The van der Waals surface area contributed by atoms with E-state index in [2.05, 4.69) is 10.2 Å². The second-order valence-corrected chi connectivity index (χ2v) is 15.7. The highest BCUT2D eigenvalue weighted by Crippen LogP contribution is 2.27.